The average Bonchev–Trinajstić information content (AvgIpc) is 3.47. The largest absolute Gasteiger partial charge is 0.379 e. The zero-order valence-corrected chi connectivity index (χ0v) is 21.9. The van der Waals surface area contributed by atoms with E-state index in [1.807, 2.05) is 4.90 Å². The van der Waals surface area contributed by atoms with Gasteiger partial charge in [-0.25, -0.2) is 17.8 Å². The lowest BCUT2D eigenvalue weighted by Crippen LogP contribution is -2.43. The van der Waals surface area contributed by atoms with Crippen LogP contribution in [0.2, 0.25) is 0 Å². The van der Waals surface area contributed by atoms with E-state index in [-0.39, 0.29) is 35.2 Å². The lowest BCUT2D eigenvalue weighted by Gasteiger charge is -2.30. The zero-order valence-electron chi connectivity index (χ0n) is 21.1. The molecule has 5 rings (SSSR count). The first kappa shape index (κ1) is 26.3. The summed E-state index contributed by atoms with van der Waals surface area (Å²) in [4.78, 5) is 21.6. The number of benzene rings is 1. The zero-order chi connectivity index (χ0) is 25.8. The minimum absolute atomic E-state index is 0.0449. The highest BCUT2D eigenvalue weighted by molar-refractivity contribution is 7.90. The van der Waals surface area contributed by atoms with Crippen molar-refractivity contribution in [2.75, 3.05) is 46.0 Å². The Balaban J connectivity index is 1.40. The van der Waals surface area contributed by atoms with Crippen LogP contribution in [0.25, 0.3) is 0 Å². The lowest BCUT2D eigenvalue weighted by atomic mass is 10.2. The van der Waals surface area contributed by atoms with Crippen LogP contribution in [0, 0.1) is 11.7 Å². The van der Waals surface area contributed by atoms with Crippen LogP contribution in [0.15, 0.2) is 35.6 Å². The molecule has 1 atom stereocenters. The van der Waals surface area contributed by atoms with Crippen LogP contribution in [-0.2, 0) is 42.9 Å². The first-order valence-electron chi connectivity index (χ1n) is 13.1. The molecule has 0 radical (unpaired) electrons. The maximum atomic E-state index is 14.3. The maximum Gasteiger partial charge on any atom is 0.228 e. The molecule has 1 aromatic heterocycles. The van der Waals surface area contributed by atoms with Crippen molar-refractivity contribution in [3.05, 3.63) is 47.5 Å². The number of hydrogen-bond acceptors (Lipinski definition) is 7. The fourth-order valence-electron chi connectivity index (χ4n) is 4.98. The number of sulfone groups is 1. The third-order valence-electron chi connectivity index (χ3n) is 7.27. The van der Waals surface area contributed by atoms with Crippen LogP contribution in [-0.4, -0.2) is 85.8 Å². The molecule has 37 heavy (non-hydrogen) atoms. The van der Waals surface area contributed by atoms with Gasteiger partial charge in [0.25, 0.3) is 0 Å². The molecular formula is C26H35FN4O5S. The fourth-order valence-corrected chi connectivity index (χ4v) is 6.49. The van der Waals surface area contributed by atoms with E-state index >= 15 is 0 Å². The summed E-state index contributed by atoms with van der Waals surface area (Å²) in [7, 11) is -3.95. The standard InChI is InChI=1S/C26H35FN4O5S/c27-24-6-2-1-4-21(24)19-37(33,34)26-28-16-22(31(26)18-23-5-3-13-36-23)17-30(25(32)20-7-8-20)10-9-29-11-14-35-15-12-29/h1-2,4,6,16,20,23H,3,5,7-15,17-19H2/t23-/m1/s1. The molecule has 1 saturated carbocycles. The Labute approximate surface area is 217 Å². The molecule has 0 N–H and O–H groups in total. The first-order valence-corrected chi connectivity index (χ1v) is 14.8. The van der Waals surface area contributed by atoms with Gasteiger partial charge in [-0.1, -0.05) is 18.2 Å². The van der Waals surface area contributed by atoms with Crippen LogP contribution in [0.3, 0.4) is 0 Å². The van der Waals surface area contributed by atoms with Crippen LogP contribution < -0.4 is 0 Å². The van der Waals surface area contributed by atoms with Gasteiger partial charge in [0.05, 0.1) is 50.1 Å². The van der Waals surface area contributed by atoms with Crippen LogP contribution in [0.4, 0.5) is 4.39 Å². The molecule has 0 spiro atoms. The monoisotopic (exact) mass is 534 g/mol. The molecule has 202 valence electrons. The molecule has 3 fully saturated rings. The summed E-state index contributed by atoms with van der Waals surface area (Å²) in [6.45, 7) is 5.57. The Morgan fingerprint density at radius 2 is 1.92 bits per heavy atom. The Morgan fingerprint density at radius 3 is 2.62 bits per heavy atom. The maximum absolute atomic E-state index is 14.3. The molecule has 2 saturated heterocycles. The second-order valence-electron chi connectivity index (χ2n) is 10.1. The van der Waals surface area contributed by atoms with E-state index in [0.717, 1.165) is 45.3 Å². The van der Waals surface area contributed by atoms with E-state index in [4.69, 9.17) is 9.47 Å². The average molecular weight is 535 g/mol. The molecule has 1 amide bonds. The van der Waals surface area contributed by atoms with Gasteiger partial charge in [-0.2, -0.15) is 0 Å². The van der Waals surface area contributed by atoms with Crippen LogP contribution in [0.1, 0.15) is 36.9 Å². The predicted molar refractivity (Wildman–Crippen MR) is 134 cm³/mol. The highest BCUT2D eigenvalue weighted by Gasteiger charge is 2.35. The van der Waals surface area contributed by atoms with Crippen molar-refractivity contribution in [3.8, 4) is 0 Å². The molecule has 2 aliphatic heterocycles. The van der Waals surface area contributed by atoms with Crippen molar-refractivity contribution < 1.29 is 27.1 Å². The van der Waals surface area contributed by atoms with Gasteiger partial charge >= 0.3 is 0 Å². The van der Waals surface area contributed by atoms with E-state index in [9.17, 15) is 17.6 Å². The van der Waals surface area contributed by atoms with Crippen molar-refractivity contribution in [2.45, 2.75) is 55.8 Å². The first-order chi connectivity index (χ1) is 17.9. The number of carbonyl (C=O) groups excluding carboxylic acids is 1. The van der Waals surface area contributed by atoms with E-state index in [1.165, 1.54) is 18.2 Å². The van der Waals surface area contributed by atoms with E-state index in [0.29, 0.717) is 38.6 Å². The number of nitrogens with zero attached hydrogens (tertiary/aromatic N) is 4. The summed E-state index contributed by atoms with van der Waals surface area (Å²) in [5, 5.41) is -0.103. The Bertz CT molecular complexity index is 1190. The Morgan fingerprint density at radius 1 is 1.14 bits per heavy atom. The van der Waals surface area contributed by atoms with Gasteiger partial charge in [0.2, 0.25) is 20.9 Å². The molecule has 3 heterocycles. The summed E-state index contributed by atoms with van der Waals surface area (Å²) < 4.78 is 54.1. The third-order valence-corrected chi connectivity index (χ3v) is 8.85. The highest BCUT2D eigenvalue weighted by atomic mass is 32.2. The molecular weight excluding hydrogens is 499 g/mol. The van der Waals surface area contributed by atoms with Gasteiger partial charge in [0.1, 0.15) is 5.82 Å². The number of halogens is 1. The third kappa shape index (κ3) is 6.57. The van der Waals surface area contributed by atoms with Gasteiger partial charge in [0, 0.05) is 44.3 Å². The number of rotatable bonds is 11. The summed E-state index contributed by atoms with van der Waals surface area (Å²) in [5.74, 6) is -0.895. The fraction of sp³-hybridized carbons (Fsp3) is 0.615. The molecule has 0 unspecified atom stereocenters. The summed E-state index contributed by atoms with van der Waals surface area (Å²) in [6, 6.07) is 5.88. The second kappa shape index (κ2) is 11.6. The van der Waals surface area contributed by atoms with Gasteiger partial charge in [-0.05, 0) is 31.7 Å². The molecule has 3 aliphatic rings. The van der Waals surface area contributed by atoms with Crippen LogP contribution >= 0.6 is 0 Å². The van der Waals surface area contributed by atoms with Gasteiger partial charge < -0.3 is 18.9 Å². The Kier molecular flexibility index (Phi) is 8.23. The van der Waals surface area contributed by atoms with Gasteiger partial charge in [-0.15, -0.1) is 0 Å². The number of aromatic nitrogens is 2. The summed E-state index contributed by atoms with van der Waals surface area (Å²) >= 11 is 0. The molecule has 1 aliphatic carbocycles. The number of imidazole rings is 1. The molecule has 0 bridgehead atoms. The normalized spacial score (nSPS) is 20.8. The summed E-state index contributed by atoms with van der Waals surface area (Å²) in [5.41, 5.74) is 0.755. The van der Waals surface area contributed by atoms with Gasteiger partial charge in [0.15, 0.2) is 0 Å². The number of ether oxygens (including phenoxy) is 2. The van der Waals surface area contributed by atoms with Crippen LogP contribution in [0.5, 0.6) is 0 Å². The predicted octanol–water partition coefficient (Wildman–Crippen LogP) is 2.25. The molecule has 2 aromatic rings. The molecule has 11 heteroatoms. The number of carbonyl (C=O) groups is 1. The topological polar surface area (TPSA) is 94.0 Å². The quantitative estimate of drug-likeness (QED) is 0.437. The van der Waals surface area contributed by atoms with Crippen molar-refractivity contribution in [1.29, 1.82) is 0 Å². The lowest BCUT2D eigenvalue weighted by molar-refractivity contribution is -0.133. The van der Waals surface area contributed by atoms with E-state index < -0.39 is 21.4 Å². The van der Waals surface area contributed by atoms with Crippen molar-refractivity contribution in [1.82, 2.24) is 19.4 Å². The minimum Gasteiger partial charge on any atom is -0.379 e. The van der Waals surface area contributed by atoms with Crippen molar-refractivity contribution in [3.63, 3.8) is 0 Å². The summed E-state index contributed by atoms with van der Waals surface area (Å²) in [6.07, 6.45) is 4.94. The SMILES string of the molecule is O=C(C1CC1)N(CCN1CCOCC1)Cc1cnc(S(=O)(=O)Cc2ccccc2F)n1C[C@H]1CCCO1. The molecule has 1 aromatic carbocycles. The van der Waals surface area contributed by atoms with Gasteiger partial charge in [-0.3, -0.25) is 9.69 Å². The van der Waals surface area contributed by atoms with Crippen molar-refractivity contribution in [2.24, 2.45) is 5.92 Å². The highest BCUT2D eigenvalue weighted by Crippen LogP contribution is 2.32. The number of morpholine rings is 1. The minimum atomic E-state index is -3.95. The smallest absolute Gasteiger partial charge is 0.228 e. The molecule has 9 nitrogen and oxygen atoms in total. The van der Waals surface area contributed by atoms with E-state index in [2.05, 4.69) is 9.88 Å². The number of amides is 1. The second-order valence-corrected chi connectivity index (χ2v) is 12.0. The van der Waals surface area contributed by atoms with E-state index in [1.54, 1.807) is 16.8 Å². The Hall–Kier alpha value is -2.34. The number of hydrogen-bond donors (Lipinski definition) is 0. The van der Waals surface area contributed by atoms with Crippen molar-refractivity contribution >= 4 is 15.7 Å².